The van der Waals surface area contributed by atoms with Gasteiger partial charge in [-0.15, -0.1) is 0 Å². The van der Waals surface area contributed by atoms with Gasteiger partial charge < -0.3 is 19.9 Å². The lowest BCUT2D eigenvalue weighted by molar-refractivity contribution is -0.131. The molecule has 3 amide bonds. The predicted octanol–water partition coefficient (Wildman–Crippen LogP) is 1.54. The lowest BCUT2D eigenvalue weighted by atomic mass is 10.2. The normalized spacial score (nSPS) is 21.0. The Labute approximate surface area is 167 Å². The van der Waals surface area contributed by atoms with Crippen LogP contribution in [0, 0.1) is 0 Å². The van der Waals surface area contributed by atoms with Gasteiger partial charge in [0.1, 0.15) is 6.54 Å². The van der Waals surface area contributed by atoms with Crippen LogP contribution in [0.3, 0.4) is 0 Å². The molecule has 7 nitrogen and oxygen atoms in total. The number of likely N-dealkylation sites (tertiary alicyclic amines) is 1. The van der Waals surface area contributed by atoms with Crippen LogP contribution in [0.2, 0.25) is 0 Å². The summed E-state index contributed by atoms with van der Waals surface area (Å²) in [5.41, 5.74) is 1.30. The van der Waals surface area contributed by atoms with Gasteiger partial charge in [0.05, 0.1) is 6.61 Å². The van der Waals surface area contributed by atoms with Gasteiger partial charge in [0, 0.05) is 45.9 Å². The number of amides is 3. The lowest BCUT2D eigenvalue weighted by Crippen LogP contribution is -2.48. The van der Waals surface area contributed by atoms with Gasteiger partial charge in [0.2, 0.25) is 5.91 Å². The van der Waals surface area contributed by atoms with Crippen molar-refractivity contribution in [2.75, 3.05) is 53.0 Å². The lowest BCUT2D eigenvalue weighted by Gasteiger charge is -2.27. The molecule has 3 rings (SSSR count). The highest BCUT2D eigenvalue weighted by Crippen LogP contribution is 2.19. The molecular formula is C21H32N4O3. The zero-order chi connectivity index (χ0) is 19.8. The average molecular weight is 389 g/mol. The second-order valence-electron chi connectivity index (χ2n) is 7.59. The molecule has 154 valence electrons. The molecule has 0 radical (unpaired) electrons. The van der Waals surface area contributed by atoms with Crippen LogP contribution in [0.4, 0.5) is 4.79 Å². The summed E-state index contributed by atoms with van der Waals surface area (Å²) in [6, 6.07) is 10.7. The topological polar surface area (TPSA) is 65.1 Å². The van der Waals surface area contributed by atoms with Crippen LogP contribution in [0.15, 0.2) is 30.3 Å². The molecule has 0 aromatic heterocycles. The van der Waals surface area contributed by atoms with E-state index in [1.807, 2.05) is 6.07 Å². The van der Waals surface area contributed by atoms with Crippen LogP contribution in [0.25, 0.3) is 0 Å². The first-order valence-corrected chi connectivity index (χ1v) is 10.2. The second kappa shape index (κ2) is 10.4. The third-order valence-electron chi connectivity index (χ3n) is 5.60. The largest absolute Gasteiger partial charge is 0.383 e. The van der Waals surface area contributed by atoms with E-state index in [4.69, 9.17) is 4.74 Å². The summed E-state index contributed by atoms with van der Waals surface area (Å²) in [6.07, 6.45) is 3.05. The summed E-state index contributed by atoms with van der Waals surface area (Å²) < 4.78 is 5.06. The molecule has 1 aromatic rings. The van der Waals surface area contributed by atoms with E-state index in [0.717, 1.165) is 32.4 Å². The Morgan fingerprint density at radius 1 is 1.18 bits per heavy atom. The number of ether oxygens (including phenoxy) is 1. The molecule has 0 bridgehead atoms. The third-order valence-corrected chi connectivity index (χ3v) is 5.60. The van der Waals surface area contributed by atoms with Gasteiger partial charge in [-0.25, -0.2) is 4.79 Å². The molecular weight excluding hydrogens is 356 g/mol. The molecule has 0 unspecified atom stereocenters. The number of hydrogen-bond donors (Lipinski definition) is 1. The van der Waals surface area contributed by atoms with Crippen LogP contribution >= 0.6 is 0 Å². The Balaban J connectivity index is 1.47. The number of nitrogens with zero attached hydrogens (tertiary/aromatic N) is 3. The maximum absolute atomic E-state index is 12.6. The van der Waals surface area contributed by atoms with Gasteiger partial charge in [0.15, 0.2) is 0 Å². The molecule has 2 heterocycles. The smallest absolute Gasteiger partial charge is 0.317 e. The number of urea groups is 1. The van der Waals surface area contributed by atoms with Crippen LogP contribution in [0.5, 0.6) is 0 Å². The van der Waals surface area contributed by atoms with E-state index >= 15 is 0 Å². The van der Waals surface area contributed by atoms with E-state index < -0.39 is 0 Å². The van der Waals surface area contributed by atoms with E-state index in [1.54, 1.807) is 16.9 Å². The standard InChI is InChI=1S/C21H32N4O3/c1-28-14-13-23-11-6-12-25(17-20(23)26)21(27)22-15-19-9-5-10-24(19)16-18-7-3-2-4-8-18/h2-4,7-8,19H,5-6,9-17H2,1H3,(H,22,27)/t19-/m1/s1. The molecule has 2 aliphatic heterocycles. The average Bonchev–Trinajstić information content (AvgIpc) is 3.06. The maximum Gasteiger partial charge on any atom is 0.317 e. The zero-order valence-electron chi connectivity index (χ0n) is 16.8. The molecule has 0 aliphatic carbocycles. The second-order valence-corrected chi connectivity index (χ2v) is 7.59. The number of methoxy groups -OCH3 is 1. The number of hydrogen-bond acceptors (Lipinski definition) is 4. The van der Waals surface area contributed by atoms with Crippen molar-refractivity contribution in [2.24, 2.45) is 0 Å². The molecule has 1 aromatic carbocycles. The molecule has 0 spiro atoms. The Morgan fingerprint density at radius 3 is 2.79 bits per heavy atom. The zero-order valence-corrected chi connectivity index (χ0v) is 16.8. The van der Waals surface area contributed by atoms with E-state index in [-0.39, 0.29) is 18.5 Å². The number of carbonyl (C=O) groups excluding carboxylic acids is 2. The summed E-state index contributed by atoms with van der Waals surface area (Å²) in [4.78, 5) is 30.9. The van der Waals surface area contributed by atoms with Gasteiger partial charge in [-0.1, -0.05) is 30.3 Å². The highest BCUT2D eigenvalue weighted by atomic mass is 16.5. The van der Waals surface area contributed by atoms with Crippen molar-refractivity contribution in [1.82, 2.24) is 20.0 Å². The molecule has 0 saturated carbocycles. The highest BCUT2D eigenvalue weighted by molar-refractivity contribution is 5.84. The van der Waals surface area contributed by atoms with E-state index in [9.17, 15) is 9.59 Å². The van der Waals surface area contributed by atoms with Gasteiger partial charge in [-0.2, -0.15) is 0 Å². The van der Waals surface area contributed by atoms with E-state index in [0.29, 0.717) is 38.8 Å². The van der Waals surface area contributed by atoms with Crippen LogP contribution in [-0.2, 0) is 16.1 Å². The van der Waals surface area contributed by atoms with Crippen molar-refractivity contribution in [3.63, 3.8) is 0 Å². The van der Waals surface area contributed by atoms with Gasteiger partial charge in [0.25, 0.3) is 0 Å². The first-order chi connectivity index (χ1) is 13.7. The molecule has 7 heteroatoms. The minimum atomic E-state index is -0.131. The van der Waals surface area contributed by atoms with E-state index in [1.165, 1.54) is 5.56 Å². The van der Waals surface area contributed by atoms with Crippen molar-refractivity contribution in [3.05, 3.63) is 35.9 Å². The maximum atomic E-state index is 12.6. The van der Waals surface area contributed by atoms with Crippen LogP contribution in [-0.4, -0.2) is 85.7 Å². The summed E-state index contributed by atoms with van der Waals surface area (Å²) in [5, 5.41) is 3.07. The molecule has 2 aliphatic rings. The highest BCUT2D eigenvalue weighted by Gasteiger charge is 2.28. The fourth-order valence-electron chi connectivity index (χ4n) is 4.00. The van der Waals surface area contributed by atoms with E-state index in [2.05, 4.69) is 34.5 Å². The fraction of sp³-hybridized carbons (Fsp3) is 0.619. The first-order valence-electron chi connectivity index (χ1n) is 10.2. The Morgan fingerprint density at radius 2 is 2.00 bits per heavy atom. The van der Waals surface area contributed by atoms with Gasteiger partial charge in [-0.05, 0) is 31.4 Å². The number of rotatable bonds is 7. The summed E-state index contributed by atoms with van der Waals surface area (Å²) in [7, 11) is 1.63. The van der Waals surface area contributed by atoms with Crippen molar-refractivity contribution in [1.29, 1.82) is 0 Å². The van der Waals surface area contributed by atoms with Crippen LogP contribution in [0.1, 0.15) is 24.8 Å². The molecule has 2 saturated heterocycles. The molecule has 1 atom stereocenters. The van der Waals surface area contributed by atoms with Crippen molar-refractivity contribution >= 4 is 11.9 Å². The van der Waals surface area contributed by atoms with Gasteiger partial charge >= 0.3 is 6.03 Å². The SMILES string of the molecule is COCCN1CCCN(C(=O)NC[C@H]2CCCN2Cc2ccccc2)CC1=O. The summed E-state index contributed by atoms with van der Waals surface area (Å²) in [6.45, 7) is 5.15. The number of carbonyl (C=O) groups is 2. The minimum absolute atomic E-state index is 0.00345. The summed E-state index contributed by atoms with van der Waals surface area (Å²) in [5.74, 6) is -0.00345. The van der Waals surface area contributed by atoms with Crippen molar-refractivity contribution in [2.45, 2.75) is 31.8 Å². The quantitative estimate of drug-likeness (QED) is 0.770. The minimum Gasteiger partial charge on any atom is -0.383 e. The van der Waals surface area contributed by atoms with Gasteiger partial charge in [-0.3, -0.25) is 9.69 Å². The fourth-order valence-corrected chi connectivity index (χ4v) is 4.00. The monoisotopic (exact) mass is 388 g/mol. The Bertz CT molecular complexity index is 640. The third kappa shape index (κ3) is 5.69. The summed E-state index contributed by atoms with van der Waals surface area (Å²) >= 11 is 0. The number of benzene rings is 1. The molecule has 28 heavy (non-hydrogen) atoms. The molecule has 2 fully saturated rings. The first kappa shape index (κ1) is 20.6. The molecule has 1 N–H and O–H groups in total. The predicted molar refractivity (Wildman–Crippen MR) is 108 cm³/mol. The van der Waals surface area contributed by atoms with Crippen molar-refractivity contribution in [3.8, 4) is 0 Å². The van der Waals surface area contributed by atoms with Crippen molar-refractivity contribution < 1.29 is 14.3 Å². The van der Waals surface area contributed by atoms with Crippen LogP contribution < -0.4 is 5.32 Å². The number of nitrogens with one attached hydrogen (secondary N) is 1. The Kier molecular flexibility index (Phi) is 7.68. The Hall–Kier alpha value is -2.12.